The minimum atomic E-state index is -5.75. The average molecular weight is 509 g/mol. The fraction of sp³-hybridized carbons (Fsp3) is 0.778. The van der Waals surface area contributed by atoms with Crippen LogP contribution in [0.15, 0.2) is 35.5 Å². The number of halogens is 6. The smallest absolute Gasteiger partial charge is 0.388 e. The van der Waals surface area contributed by atoms with Crippen LogP contribution in [0, 0.1) is 23.2 Å². The van der Waals surface area contributed by atoms with Crippen LogP contribution >= 0.6 is 0 Å². The first-order chi connectivity index (χ1) is 16.1. The van der Waals surface area contributed by atoms with Crippen LogP contribution in [0.1, 0.15) is 84.5 Å². The Hall–Kier alpha value is -1.28. The minimum Gasteiger partial charge on any atom is -0.388 e. The highest BCUT2D eigenvalue weighted by molar-refractivity contribution is 5.37. The third kappa shape index (κ3) is 5.53. The van der Waals surface area contributed by atoms with Gasteiger partial charge in [0.2, 0.25) is 0 Å². The standard InChI is InChI=1S/C27H38F6O2/c1-17(7-5-16-25(35,26(28,29)30)27(31,32)33)21-13-14-22-20(9-6-15-24(21,22)3)12-11-19-8-4-10-23(34)18(19)2/h11-12,17,21-23,34-35H,2,4-10,13-16H2,1,3H3/b19-11-,20-12+/t17-,21-,22+,23+,24-/m1/s1. The Morgan fingerprint density at radius 3 is 2.31 bits per heavy atom. The molecule has 0 aliphatic heterocycles. The van der Waals surface area contributed by atoms with Crippen molar-refractivity contribution in [3.05, 3.63) is 35.5 Å². The molecule has 3 rings (SSSR count). The molecule has 3 aliphatic rings. The molecule has 2 N–H and O–H groups in total. The summed E-state index contributed by atoms with van der Waals surface area (Å²) < 4.78 is 78.0. The summed E-state index contributed by atoms with van der Waals surface area (Å²) >= 11 is 0. The molecule has 0 aromatic rings. The van der Waals surface area contributed by atoms with Crippen molar-refractivity contribution >= 4 is 0 Å². The summed E-state index contributed by atoms with van der Waals surface area (Å²) in [4.78, 5) is 0. The number of alkyl halides is 6. The lowest BCUT2D eigenvalue weighted by atomic mass is 9.60. The second-order valence-corrected chi connectivity index (χ2v) is 11.2. The summed E-state index contributed by atoms with van der Waals surface area (Å²) in [7, 11) is 0. The van der Waals surface area contributed by atoms with Crippen molar-refractivity contribution in [1.82, 2.24) is 0 Å². The van der Waals surface area contributed by atoms with Crippen LogP contribution in [-0.4, -0.2) is 34.3 Å². The van der Waals surface area contributed by atoms with Crippen LogP contribution in [0.4, 0.5) is 26.3 Å². The normalized spacial score (nSPS) is 33.9. The monoisotopic (exact) mass is 508 g/mol. The molecule has 2 nitrogen and oxygen atoms in total. The predicted molar refractivity (Wildman–Crippen MR) is 123 cm³/mol. The van der Waals surface area contributed by atoms with Gasteiger partial charge in [-0.05, 0) is 98.5 Å². The molecule has 0 aromatic carbocycles. The molecule has 0 heterocycles. The molecule has 0 saturated heterocycles. The summed E-state index contributed by atoms with van der Waals surface area (Å²) in [6, 6.07) is 0. The number of aliphatic hydroxyl groups is 2. The number of rotatable bonds is 6. The highest BCUT2D eigenvalue weighted by atomic mass is 19.4. The maximum Gasteiger partial charge on any atom is 0.426 e. The number of hydrogen-bond acceptors (Lipinski definition) is 2. The first-order valence-corrected chi connectivity index (χ1v) is 12.7. The van der Waals surface area contributed by atoms with E-state index < -0.39 is 30.5 Å². The molecule has 3 saturated carbocycles. The van der Waals surface area contributed by atoms with Crippen molar-refractivity contribution in [3.63, 3.8) is 0 Å². The van der Waals surface area contributed by atoms with Crippen molar-refractivity contribution in [2.24, 2.45) is 23.2 Å². The van der Waals surface area contributed by atoms with Gasteiger partial charge in [0.1, 0.15) is 0 Å². The number of allylic oxidation sites excluding steroid dienone is 3. The molecule has 35 heavy (non-hydrogen) atoms. The Morgan fingerprint density at radius 1 is 1.03 bits per heavy atom. The first-order valence-electron chi connectivity index (χ1n) is 12.7. The van der Waals surface area contributed by atoms with E-state index in [9.17, 15) is 36.6 Å². The molecular weight excluding hydrogens is 470 g/mol. The summed E-state index contributed by atoms with van der Waals surface area (Å²) in [6.45, 7) is 8.17. The third-order valence-corrected chi connectivity index (χ3v) is 9.10. The molecule has 5 atom stereocenters. The van der Waals surface area contributed by atoms with E-state index in [0.29, 0.717) is 5.92 Å². The van der Waals surface area contributed by atoms with Crippen LogP contribution in [-0.2, 0) is 0 Å². The van der Waals surface area contributed by atoms with Crippen LogP contribution in [0.3, 0.4) is 0 Å². The predicted octanol–water partition coefficient (Wildman–Crippen LogP) is 7.82. The lowest BCUT2D eigenvalue weighted by Gasteiger charge is -2.44. The first kappa shape index (κ1) is 28.3. The summed E-state index contributed by atoms with van der Waals surface area (Å²) in [5, 5.41) is 19.5. The summed E-state index contributed by atoms with van der Waals surface area (Å²) in [5.41, 5.74) is -1.50. The molecule has 0 spiro atoms. The molecule has 0 bridgehead atoms. The third-order valence-electron chi connectivity index (χ3n) is 9.10. The van der Waals surface area contributed by atoms with Crippen molar-refractivity contribution in [2.75, 3.05) is 0 Å². The van der Waals surface area contributed by atoms with Gasteiger partial charge in [-0.25, -0.2) is 0 Å². The maximum atomic E-state index is 13.0. The zero-order valence-electron chi connectivity index (χ0n) is 20.6. The van der Waals surface area contributed by atoms with Gasteiger partial charge in [0, 0.05) is 0 Å². The van der Waals surface area contributed by atoms with Gasteiger partial charge < -0.3 is 10.2 Å². The van der Waals surface area contributed by atoms with Gasteiger partial charge in [-0.15, -0.1) is 0 Å². The van der Waals surface area contributed by atoms with Crippen molar-refractivity contribution < 1.29 is 36.6 Å². The second kappa shape index (κ2) is 10.2. The molecule has 0 unspecified atom stereocenters. The molecule has 0 radical (unpaired) electrons. The Kier molecular flexibility index (Phi) is 8.27. The van der Waals surface area contributed by atoms with E-state index in [1.807, 2.05) is 6.92 Å². The fourth-order valence-electron chi connectivity index (χ4n) is 6.97. The van der Waals surface area contributed by atoms with Crippen LogP contribution in [0.25, 0.3) is 0 Å². The zero-order chi connectivity index (χ0) is 26.2. The van der Waals surface area contributed by atoms with E-state index >= 15 is 0 Å². The highest BCUT2D eigenvalue weighted by Gasteiger charge is 2.69. The second-order valence-electron chi connectivity index (χ2n) is 11.2. The SMILES string of the molecule is C=C1/C(=C\C=C2/CCC[C@]3(C)[C@@H]([C@H](C)CCCC(O)(C(F)(F)F)C(F)(F)F)CC[C@@H]23)CCC[C@@H]1O. The van der Waals surface area contributed by atoms with E-state index in [4.69, 9.17) is 0 Å². The quantitative estimate of drug-likeness (QED) is 0.359. The topological polar surface area (TPSA) is 40.5 Å². The largest absolute Gasteiger partial charge is 0.426 e. The zero-order valence-corrected chi connectivity index (χ0v) is 20.6. The van der Waals surface area contributed by atoms with E-state index in [-0.39, 0.29) is 30.1 Å². The van der Waals surface area contributed by atoms with Crippen LogP contribution in [0.5, 0.6) is 0 Å². The van der Waals surface area contributed by atoms with Gasteiger partial charge in [0.25, 0.3) is 5.60 Å². The maximum absolute atomic E-state index is 13.0. The van der Waals surface area contributed by atoms with E-state index in [0.717, 1.165) is 62.5 Å². The van der Waals surface area contributed by atoms with Gasteiger partial charge in [0.05, 0.1) is 6.10 Å². The van der Waals surface area contributed by atoms with Crippen molar-refractivity contribution in [1.29, 1.82) is 0 Å². The Bertz CT molecular complexity index is 826. The average Bonchev–Trinajstić information content (AvgIpc) is 3.10. The molecule has 0 aromatic heterocycles. The van der Waals surface area contributed by atoms with Crippen molar-refractivity contribution in [3.8, 4) is 0 Å². The number of hydrogen-bond donors (Lipinski definition) is 2. The molecule has 200 valence electrons. The van der Waals surface area contributed by atoms with Crippen LogP contribution in [0.2, 0.25) is 0 Å². The Balaban J connectivity index is 1.68. The Labute approximate surface area is 204 Å². The molecule has 8 heteroatoms. The minimum absolute atomic E-state index is 0.0401. The van der Waals surface area contributed by atoms with E-state index in [2.05, 4.69) is 25.7 Å². The van der Waals surface area contributed by atoms with Gasteiger partial charge >= 0.3 is 12.4 Å². The lowest BCUT2D eigenvalue weighted by Crippen LogP contribution is -2.56. The lowest BCUT2D eigenvalue weighted by molar-refractivity contribution is -0.370. The summed E-state index contributed by atoms with van der Waals surface area (Å²) in [5.74, 6) is 0.506. The van der Waals surface area contributed by atoms with Gasteiger partial charge in [0.15, 0.2) is 0 Å². The van der Waals surface area contributed by atoms with Crippen LogP contribution < -0.4 is 0 Å². The van der Waals surface area contributed by atoms with E-state index in [1.165, 1.54) is 5.57 Å². The van der Waals surface area contributed by atoms with Gasteiger partial charge in [-0.1, -0.05) is 44.6 Å². The van der Waals surface area contributed by atoms with E-state index in [1.54, 1.807) is 0 Å². The molecular formula is C27H38F6O2. The number of aliphatic hydroxyl groups excluding tert-OH is 1. The fourth-order valence-corrected chi connectivity index (χ4v) is 6.97. The molecule has 3 aliphatic carbocycles. The number of fused-ring (bicyclic) bond motifs is 1. The molecule has 3 fully saturated rings. The Morgan fingerprint density at radius 2 is 1.69 bits per heavy atom. The van der Waals surface area contributed by atoms with Gasteiger partial charge in [-0.3, -0.25) is 0 Å². The highest BCUT2D eigenvalue weighted by Crippen LogP contribution is 2.60. The summed E-state index contributed by atoms with van der Waals surface area (Å²) in [6.07, 6.45) is -1.89. The van der Waals surface area contributed by atoms with Crippen molar-refractivity contribution in [2.45, 2.75) is 109 Å². The van der Waals surface area contributed by atoms with Gasteiger partial charge in [-0.2, -0.15) is 26.3 Å². The molecule has 0 amide bonds.